The van der Waals surface area contributed by atoms with E-state index in [-0.39, 0.29) is 6.42 Å². The summed E-state index contributed by atoms with van der Waals surface area (Å²) in [6.45, 7) is 0. The maximum atomic E-state index is 11.4. The molecule has 5 heteroatoms. The Morgan fingerprint density at radius 1 is 1.38 bits per heavy atom. The lowest BCUT2D eigenvalue weighted by Crippen LogP contribution is -2.36. The molecule has 0 saturated heterocycles. The van der Waals surface area contributed by atoms with Crippen LogP contribution < -0.4 is 10.1 Å². The minimum absolute atomic E-state index is 0.208. The van der Waals surface area contributed by atoms with Crippen LogP contribution in [0, 0.1) is 0 Å². The number of carboxylic acid groups (broad SMARTS) is 1. The van der Waals surface area contributed by atoms with Crippen molar-refractivity contribution in [3.05, 3.63) is 30.3 Å². The second-order valence-electron chi connectivity index (χ2n) is 3.17. The summed E-state index contributed by atoms with van der Waals surface area (Å²) < 4.78 is 4.95. The molecule has 0 aliphatic carbocycles. The second-order valence-corrected chi connectivity index (χ2v) is 3.17. The SMILES string of the molecule is CN[C@@H](CC(=O)Oc1ccccc1)C(=O)O. The highest BCUT2D eigenvalue weighted by Crippen LogP contribution is 2.09. The molecule has 86 valence electrons. The number of carboxylic acids is 1. The largest absolute Gasteiger partial charge is 0.480 e. The summed E-state index contributed by atoms with van der Waals surface area (Å²) >= 11 is 0. The number of benzene rings is 1. The van der Waals surface area contributed by atoms with Gasteiger partial charge < -0.3 is 15.2 Å². The van der Waals surface area contributed by atoms with Gasteiger partial charge in [0.15, 0.2) is 0 Å². The van der Waals surface area contributed by atoms with E-state index in [4.69, 9.17) is 9.84 Å². The van der Waals surface area contributed by atoms with E-state index in [2.05, 4.69) is 5.32 Å². The lowest BCUT2D eigenvalue weighted by Gasteiger charge is -2.10. The molecule has 0 fully saturated rings. The first-order valence-electron chi connectivity index (χ1n) is 4.79. The fourth-order valence-electron chi connectivity index (χ4n) is 1.14. The number of esters is 1. The molecule has 0 bridgehead atoms. The Kier molecular flexibility index (Phi) is 4.47. The van der Waals surface area contributed by atoms with Gasteiger partial charge in [0.05, 0.1) is 6.42 Å². The lowest BCUT2D eigenvalue weighted by atomic mass is 10.2. The molecule has 0 aliphatic heterocycles. The Morgan fingerprint density at radius 3 is 2.50 bits per heavy atom. The van der Waals surface area contributed by atoms with Gasteiger partial charge in [-0.3, -0.25) is 9.59 Å². The fourth-order valence-corrected chi connectivity index (χ4v) is 1.14. The van der Waals surface area contributed by atoms with Crippen molar-refractivity contribution in [2.45, 2.75) is 12.5 Å². The molecule has 16 heavy (non-hydrogen) atoms. The fraction of sp³-hybridized carbons (Fsp3) is 0.273. The van der Waals surface area contributed by atoms with Crippen molar-refractivity contribution in [3.8, 4) is 5.75 Å². The Bertz CT molecular complexity index is 364. The van der Waals surface area contributed by atoms with Crippen LogP contribution in [0.3, 0.4) is 0 Å². The van der Waals surface area contributed by atoms with Crippen molar-refractivity contribution in [1.29, 1.82) is 0 Å². The van der Waals surface area contributed by atoms with Gasteiger partial charge in [0.25, 0.3) is 0 Å². The van der Waals surface area contributed by atoms with Crippen molar-refractivity contribution in [2.75, 3.05) is 7.05 Å². The number of para-hydroxylation sites is 1. The minimum Gasteiger partial charge on any atom is -0.480 e. The number of ether oxygens (including phenoxy) is 1. The number of hydrogen-bond donors (Lipinski definition) is 2. The lowest BCUT2D eigenvalue weighted by molar-refractivity contribution is -0.144. The Labute approximate surface area is 93.0 Å². The quantitative estimate of drug-likeness (QED) is 0.566. The minimum atomic E-state index is -1.08. The normalized spacial score (nSPS) is 11.8. The molecule has 0 saturated carbocycles. The van der Waals surface area contributed by atoms with Gasteiger partial charge in [0.2, 0.25) is 0 Å². The molecule has 0 aromatic heterocycles. The highest BCUT2D eigenvalue weighted by Gasteiger charge is 2.20. The number of carbonyl (C=O) groups is 2. The number of aliphatic carboxylic acids is 1. The van der Waals surface area contributed by atoms with Gasteiger partial charge in [-0.2, -0.15) is 0 Å². The average Bonchev–Trinajstić information content (AvgIpc) is 2.27. The molecule has 0 amide bonds. The van der Waals surface area contributed by atoms with Crippen LogP contribution in [0.25, 0.3) is 0 Å². The molecule has 1 aromatic carbocycles. The van der Waals surface area contributed by atoms with E-state index in [1.165, 1.54) is 7.05 Å². The van der Waals surface area contributed by atoms with Crippen LogP contribution in [0.15, 0.2) is 30.3 Å². The first-order chi connectivity index (χ1) is 7.63. The van der Waals surface area contributed by atoms with E-state index in [0.717, 1.165) is 0 Å². The van der Waals surface area contributed by atoms with E-state index >= 15 is 0 Å². The van der Waals surface area contributed by atoms with Gasteiger partial charge in [-0.25, -0.2) is 0 Å². The summed E-state index contributed by atoms with van der Waals surface area (Å²) in [5.74, 6) is -1.24. The van der Waals surface area contributed by atoms with Crippen molar-refractivity contribution in [1.82, 2.24) is 5.32 Å². The standard InChI is InChI=1S/C11H13NO4/c1-12-9(11(14)15)7-10(13)16-8-5-3-2-4-6-8/h2-6,9,12H,7H2,1H3,(H,14,15)/t9-/m0/s1. The summed E-state index contributed by atoms with van der Waals surface area (Å²) in [4.78, 5) is 22.0. The summed E-state index contributed by atoms with van der Waals surface area (Å²) in [5, 5.41) is 11.2. The third-order valence-electron chi connectivity index (χ3n) is 1.99. The first kappa shape index (κ1) is 12.2. The van der Waals surface area contributed by atoms with Crippen molar-refractivity contribution >= 4 is 11.9 Å². The average molecular weight is 223 g/mol. The van der Waals surface area contributed by atoms with Crippen LogP contribution in [0.2, 0.25) is 0 Å². The summed E-state index contributed by atoms with van der Waals surface area (Å²) in [6.07, 6.45) is -0.208. The maximum absolute atomic E-state index is 11.4. The molecular formula is C11H13NO4. The third kappa shape index (κ3) is 3.70. The van der Waals surface area contributed by atoms with Crippen LogP contribution in [0.5, 0.6) is 5.75 Å². The summed E-state index contributed by atoms with van der Waals surface area (Å²) in [5.41, 5.74) is 0. The van der Waals surface area contributed by atoms with E-state index in [1.54, 1.807) is 30.3 Å². The van der Waals surface area contributed by atoms with Gasteiger partial charge >= 0.3 is 11.9 Å². The van der Waals surface area contributed by atoms with Crippen LogP contribution in [0.4, 0.5) is 0 Å². The molecular weight excluding hydrogens is 210 g/mol. The summed E-state index contributed by atoms with van der Waals surface area (Å²) in [7, 11) is 1.48. The molecule has 0 aliphatic rings. The molecule has 1 rings (SSSR count). The highest BCUT2D eigenvalue weighted by atomic mass is 16.5. The Balaban J connectivity index is 2.50. The van der Waals surface area contributed by atoms with Crippen LogP contribution in [-0.2, 0) is 9.59 Å². The van der Waals surface area contributed by atoms with Gasteiger partial charge in [0, 0.05) is 0 Å². The number of carbonyl (C=O) groups excluding carboxylic acids is 1. The topological polar surface area (TPSA) is 75.6 Å². The predicted molar refractivity (Wildman–Crippen MR) is 57.2 cm³/mol. The van der Waals surface area contributed by atoms with Gasteiger partial charge in [-0.1, -0.05) is 18.2 Å². The monoisotopic (exact) mass is 223 g/mol. The van der Waals surface area contributed by atoms with E-state index in [0.29, 0.717) is 5.75 Å². The molecule has 0 unspecified atom stereocenters. The number of hydrogen-bond acceptors (Lipinski definition) is 4. The zero-order valence-electron chi connectivity index (χ0n) is 8.84. The first-order valence-corrected chi connectivity index (χ1v) is 4.79. The molecule has 1 aromatic rings. The van der Waals surface area contributed by atoms with E-state index in [9.17, 15) is 9.59 Å². The van der Waals surface area contributed by atoms with Gasteiger partial charge in [-0.15, -0.1) is 0 Å². The smallest absolute Gasteiger partial charge is 0.321 e. The van der Waals surface area contributed by atoms with Crippen LogP contribution >= 0.6 is 0 Å². The van der Waals surface area contributed by atoms with Crippen molar-refractivity contribution < 1.29 is 19.4 Å². The summed E-state index contributed by atoms with van der Waals surface area (Å²) in [6, 6.07) is 7.60. The molecule has 0 heterocycles. The number of likely N-dealkylation sites (N-methyl/N-ethyl adjacent to an activating group) is 1. The number of nitrogens with one attached hydrogen (secondary N) is 1. The molecule has 1 atom stereocenters. The van der Waals surface area contributed by atoms with Crippen molar-refractivity contribution in [2.24, 2.45) is 0 Å². The zero-order chi connectivity index (χ0) is 12.0. The maximum Gasteiger partial charge on any atom is 0.321 e. The van der Waals surface area contributed by atoms with Crippen LogP contribution in [0.1, 0.15) is 6.42 Å². The third-order valence-corrected chi connectivity index (χ3v) is 1.99. The number of rotatable bonds is 5. The molecule has 2 N–H and O–H groups in total. The molecule has 5 nitrogen and oxygen atoms in total. The Hall–Kier alpha value is -1.88. The Morgan fingerprint density at radius 2 is 2.00 bits per heavy atom. The van der Waals surface area contributed by atoms with Crippen molar-refractivity contribution in [3.63, 3.8) is 0 Å². The molecule has 0 radical (unpaired) electrons. The predicted octanol–water partition coefficient (Wildman–Crippen LogP) is 0.655. The second kappa shape index (κ2) is 5.87. The van der Waals surface area contributed by atoms with Crippen LogP contribution in [-0.4, -0.2) is 30.1 Å². The van der Waals surface area contributed by atoms with E-state index < -0.39 is 18.0 Å². The zero-order valence-corrected chi connectivity index (χ0v) is 8.84. The van der Waals surface area contributed by atoms with Gasteiger partial charge in [-0.05, 0) is 19.2 Å². The van der Waals surface area contributed by atoms with Gasteiger partial charge in [0.1, 0.15) is 11.8 Å². The highest BCUT2D eigenvalue weighted by molar-refractivity contribution is 5.82. The molecule has 0 spiro atoms. The van der Waals surface area contributed by atoms with E-state index in [1.807, 2.05) is 0 Å².